The number of amidine groups is 1. The van der Waals surface area contributed by atoms with Crippen LogP contribution in [-0.2, 0) is 6.42 Å². The van der Waals surface area contributed by atoms with Crippen molar-refractivity contribution in [3.05, 3.63) is 30.1 Å². The lowest BCUT2D eigenvalue weighted by atomic mass is 10.1. The average molecular weight is 262 g/mol. The molecule has 1 fully saturated rings. The van der Waals surface area contributed by atoms with Gasteiger partial charge in [0.25, 0.3) is 0 Å². The summed E-state index contributed by atoms with van der Waals surface area (Å²) in [5, 5.41) is 11.8. The molecule has 3 N–H and O–H groups in total. The van der Waals surface area contributed by atoms with Gasteiger partial charge >= 0.3 is 0 Å². The van der Waals surface area contributed by atoms with Crippen molar-refractivity contribution in [2.45, 2.75) is 38.1 Å². The van der Waals surface area contributed by atoms with Crippen molar-refractivity contribution in [2.24, 2.45) is 10.9 Å². The lowest BCUT2D eigenvalue weighted by Gasteiger charge is -2.28. The van der Waals surface area contributed by atoms with Gasteiger partial charge in [0.1, 0.15) is 0 Å². The Morgan fingerprint density at radius 1 is 1.47 bits per heavy atom. The SMILES string of the molecule is NC(CN(CCc1cccnc1)C1CCCC1)=NO. The average Bonchev–Trinajstić information content (AvgIpc) is 2.98. The third kappa shape index (κ3) is 4.21. The third-order valence-corrected chi connectivity index (χ3v) is 3.75. The number of rotatable bonds is 6. The van der Waals surface area contributed by atoms with Crippen LogP contribution in [0.5, 0.6) is 0 Å². The van der Waals surface area contributed by atoms with E-state index >= 15 is 0 Å². The van der Waals surface area contributed by atoms with Crippen molar-refractivity contribution in [1.82, 2.24) is 9.88 Å². The summed E-state index contributed by atoms with van der Waals surface area (Å²) in [6, 6.07) is 4.61. The maximum atomic E-state index is 8.74. The fourth-order valence-electron chi connectivity index (χ4n) is 2.72. The molecule has 0 aromatic carbocycles. The lowest BCUT2D eigenvalue weighted by molar-refractivity contribution is 0.225. The van der Waals surface area contributed by atoms with Crippen molar-refractivity contribution in [1.29, 1.82) is 0 Å². The van der Waals surface area contributed by atoms with E-state index in [-0.39, 0.29) is 5.84 Å². The molecule has 0 radical (unpaired) electrons. The molecule has 0 unspecified atom stereocenters. The van der Waals surface area contributed by atoms with Crippen LogP contribution in [0.1, 0.15) is 31.2 Å². The molecule has 0 atom stereocenters. The second-order valence-electron chi connectivity index (χ2n) is 5.11. The molecule has 0 bridgehead atoms. The quantitative estimate of drug-likeness (QED) is 0.353. The molecule has 2 rings (SSSR count). The van der Waals surface area contributed by atoms with Gasteiger partial charge in [-0.2, -0.15) is 0 Å². The highest BCUT2D eigenvalue weighted by Gasteiger charge is 2.23. The van der Waals surface area contributed by atoms with Crippen molar-refractivity contribution in [3.8, 4) is 0 Å². The largest absolute Gasteiger partial charge is 0.409 e. The van der Waals surface area contributed by atoms with Crippen LogP contribution in [0.2, 0.25) is 0 Å². The molecular weight excluding hydrogens is 240 g/mol. The summed E-state index contributed by atoms with van der Waals surface area (Å²) in [6.07, 6.45) is 9.62. The number of hydrogen-bond donors (Lipinski definition) is 2. The number of nitrogens with two attached hydrogens (primary N) is 1. The molecule has 19 heavy (non-hydrogen) atoms. The van der Waals surface area contributed by atoms with Gasteiger partial charge < -0.3 is 10.9 Å². The van der Waals surface area contributed by atoms with Gasteiger partial charge in [0, 0.05) is 25.0 Å². The van der Waals surface area contributed by atoms with E-state index in [0.717, 1.165) is 13.0 Å². The lowest BCUT2D eigenvalue weighted by Crippen LogP contribution is -2.41. The first-order chi connectivity index (χ1) is 9.29. The van der Waals surface area contributed by atoms with E-state index < -0.39 is 0 Å². The fourth-order valence-corrected chi connectivity index (χ4v) is 2.72. The zero-order chi connectivity index (χ0) is 13.5. The Kier molecular flexibility index (Phi) is 5.15. The third-order valence-electron chi connectivity index (χ3n) is 3.75. The minimum Gasteiger partial charge on any atom is -0.409 e. The zero-order valence-corrected chi connectivity index (χ0v) is 11.2. The summed E-state index contributed by atoms with van der Waals surface area (Å²) in [6.45, 7) is 1.47. The zero-order valence-electron chi connectivity index (χ0n) is 11.2. The molecule has 1 heterocycles. The van der Waals surface area contributed by atoms with E-state index in [2.05, 4.69) is 21.1 Å². The van der Waals surface area contributed by atoms with Gasteiger partial charge in [-0.3, -0.25) is 9.88 Å². The molecule has 5 nitrogen and oxygen atoms in total. The highest BCUT2D eigenvalue weighted by Crippen LogP contribution is 2.23. The molecule has 1 saturated carbocycles. The maximum Gasteiger partial charge on any atom is 0.153 e. The van der Waals surface area contributed by atoms with Crippen LogP contribution < -0.4 is 5.73 Å². The van der Waals surface area contributed by atoms with Gasteiger partial charge in [-0.25, -0.2) is 0 Å². The number of hydrogen-bond acceptors (Lipinski definition) is 4. The molecule has 5 heteroatoms. The van der Waals surface area contributed by atoms with Crippen LogP contribution in [0, 0.1) is 0 Å². The van der Waals surface area contributed by atoms with Crippen LogP contribution in [0.3, 0.4) is 0 Å². The first-order valence-corrected chi connectivity index (χ1v) is 6.89. The maximum absolute atomic E-state index is 8.74. The topological polar surface area (TPSA) is 74.7 Å². The summed E-state index contributed by atoms with van der Waals surface area (Å²) in [5.74, 6) is 0.290. The van der Waals surface area contributed by atoms with Crippen molar-refractivity contribution in [3.63, 3.8) is 0 Å². The molecule has 0 spiro atoms. The standard InChI is InChI=1S/C14H22N4O/c15-14(17-19)11-18(13-5-1-2-6-13)9-7-12-4-3-8-16-10-12/h3-4,8,10,13,19H,1-2,5-7,9,11H2,(H2,15,17). The van der Waals surface area contributed by atoms with Gasteiger partial charge in [-0.15, -0.1) is 0 Å². The van der Waals surface area contributed by atoms with Gasteiger partial charge in [-0.05, 0) is 30.9 Å². The number of aromatic nitrogens is 1. The van der Waals surface area contributed by atoms with Crippen LogP contribution >= 0.6 is 0 Å². The van der Waals surface area contributed by atoms with E-state index in [4.69, 9.17) is 10.9 Å². The van der Waals surface area contributed by atoms with Gasteiger partial charge in [0.2, 0.25) is 0 Å². The van der Waals surface area contributed by atoms with Crippen molar-refractivity contribution in [2.75, 3.05) is 13.1 Å². The van der Waals surface area contributed by atoms with Gasteiger partial charge in [-0.1, -0.05) is 24.1 Å². The monoisotopic (exact) mass is 262 g/mol. The smallest absolute Gasteiger partial charge is 0.153 e. The van der Waals surface area contributed by atoms with Gasteiger partial charge in [0.15, 0.2) is 5.84 Å². The Hall–Kier alpha value is -1.62. The summed E-state index contributed by atoms with van der Waals surface area (Å²) in [4.78, 5) is 6.46. The molecule has 1 aromatic rings. The Bertz CT molecular complexity index is 401. The van der Waals surface area contributed by atoms with Crippen LogP contribution in [0.4, 0.5) is 0 Å². The summed E-state index contributed by atoms with van der Waals surface area (Å²) >= 11 is 0. The molecule has 0 amide bonds. The fraction of sp³-hybridized carbons (Fsp3) is 0.571. The number of pyridine rings is 1. The molecule has 1 aromatic heterocycles. The van der Waals surface area contributed by atoms with E-state index in [1.54, 1.807) is 6.20 Å². The molecule has 1 aliphatic rings. The predicted octanol–water partition coefficient (Wildman–Crippen LogP) is 1.62. The summed E-state index contributed by atoms with van der Waals surface area (Å²) < 4.78 is 0. The second-order valence-corrected chi connectivity index (χ2v) is 5.11. The Labute approximate surface area is 114 Å². The van der Waals surface area contributed by atoms with Crippen LogP contribution in [0.15, 0.2) is 29.7 Å². The Morgan fingerprint density at radius 3 is 2.89 bits per heavy atom. The molecule has 0 aliphatic heterocycles. The minimum absolute atomic E-state index is 0.290. The second kappa shape index (κ2) is 7.09. The predicted molar refractivity (Wildman–Crippen MR) is 75.2 cm³/mol. The molecule has 104 valence electrons. The summed E-state index contributed by atoms with van der Waals surface area (Å²) in [7, 11) is 0. The van der Waals surface area contributed by atoms with Crippen LogP contribution in [-0.4, -0.2) is 40.1 Å². The Balaban J connectivity index is 1.93. The van der Waals surface area contributed by atoms with E-state index in [1.165, 1.54) is 31.2 Å². The summed E-state index contributed by atoms with van der Waals surface area (Å²) in [5.41, 5.74) is 6.88. The first-order valence-electron chi connectivity index (χ1n) is 6.89. The highest BCUT2D eigenvalue weighted by molar-refractivity contribution is 5.81. The van der Waals surface area contributed by atoms with Crippen molar-refractivity contribution >= 4 is 5.84 Å². The van der Waals surface area contributed by atoms with E-state index in [0.29, 0.717) is 12.6 Å². The molecule has 1 aliphatic carbocycles. The minimum atomic E-state index is 0.290. The number of oxime groups is 1. The van der Waals surface area contributed by atoms with Crippen molar-refractivity contribution < 1.29 is 5.21 Å². The van der Waals surface area contributed by atoms with Gasteiger partial charge in [0.05, 0.1) is 6.54 Å². The molecule has 0 saturated heterocycles. The molecular formula is C14H22N4O. The van der Waals surface area contributed by atoms with Crippen LogP contribution in [0.25, 0.3) is 0 Å². The first kappa shape index (κ1) is 13.8. The highest BCUT2D eigenvalue weighted by atomic mass is 16.4. The van der Waals surface area contributed by atoms with E-state index in [9.17, 15) is 0 Å². The Morgan fingerprint density at radius 2 is 2.26 bits per heavy atom. The number of nitrogens with zero attached hydrogens (tertiary/aromatic N) is 3. The van der Waals surface area contributed by atoms with E-state index in [1.807, 2.05) is 12.3 Å². The normalized spacial score (nSPS) is 17.2.